The Labute approximate surface area is 237 Å². The van der Waals surface area contributed by atoms with Crippen molar-refractivity contribution in [1.82, 2.24) is 5.32 Å². The smallest absolute Gasteiger partial charge is 0.302 e. The number of esters is 1. The number of hydrogen-bond donors (Lipinski definition) is 1. The summed E-state index contributed by atoms with van der Waals surface area (Å²) in [7, 11) is 1.61. The van der Waals surface area contributed by atoms with Gasteiger partial charge >= 0.3 is 5.97 Å². The Morgan fingerprint density at radius 2 is 1.88 bits per heavy atom. The lowest BCUT2D eigenvalue weighted by Crippen LogP contribution is -2.61. The molecule has 6 unspecified atom stereocenters. The Morgan fingerprint density at radius 1 is 1.05 bits per heavy atom. The molecule has 5 fully saturated rings. The predicted octanol–water partition coefficient (Wildman–Crippen LogP) is 4.88. The first-order chi connectivity index (χ1) is 19.4. The van der Waals surface area contributed by atoms with Gasteiger partial charge in [-0.1, -0.05) is 47.6 Å². The summed E-state index contributed by atoms with van der Waals surface area (Å²) in [5.74, 6) is 0.995. The Bertz CT molecular complexity index is 1180. The molecule has 8 atom stereocenters. The van der Waals surface area contributed by atoms with Gasteiger partial charge in [0.1, 0.15) is 19.0 Å². The number of ether oxygens (including phenoxy) is 1. The fourth-order valence-corrected chi connectivity index (χ4v) is 9.29. The normalized spacial score (nSPS) is 40.8. The van der Waals surface area contributed by atoms with Crippen molar-refractivity contribution in [2.24, 2.45) is 44.8 Å². The van der Waals surface area contributed by atoms with Crippen LogP contribution in [-0.2, 0) is 24.0 Å². The lowest BCUT2D eigenvalue weighted by molar-refractivity contribution is -0.155. The first-order valence-electron chi connectivity index (χ1n) is 15.1. The maximum absolute atomic E-state index is 13.1. The SMILES string of the molecule is CON=C1CC2C(CC[C@]3(C)C(=O)CCC23)[C@@]2(COC(C)=O)CCC(=NOC3CCNC3)C(c3ccccc3)C12. The van der Waals surface area contributed by atoms with E-state index < -0.39 is 0 Å². The average Bonchev–Trinajstić information content (AvgIpc) is 3.59. The molecule has 8 heteroatoms. The minimum absolute atomic E-state index is 0.0466. The van der Waals surface area contributed by atoms with E-state index in [2.05, 4.69) is 36.5 Å². The van der Waals surface area contributed by atoms with E-state index in [1.165, 1.54) is 12.5 Å². The molecule has 216 valence electrons. The van der Waals surface area contributed by atoms with E-state index in [1.807, 2.05) is 6.07 Å². The molecule has 1 aliphatic heterocycles. The van der Waals surface area contributed by atoms with Crippen LogP contribution in [0.4, 0.5) is 0 Å². The standard InChI is InChI=1S/C32H43N3O5/c1-20(36)39-19-32-15-12-26(35-40-22-13-16-33-18-22)29(21-7-5-4-6-8-21)30(32)27(34-38-3)17-23-24-9-10-28(37)31(24,2)14-11-25(23)32/h4-8,22-25,29-30,33H,9-19H2,1-3H3/t22?,23?,24?,25?,29?,30?,31-,32-/m0/s1. The van der Waals surface area contributed by atoms with Crippen LogP contribution in [0.1, 0.15) is 76.7 Å². The maximum Gasteiger partial charge on any atom is 0.302 e. The largest absolute Gasteiger partial charge is 0.465 e. The van der Waals surface area contributed by atoms with Crippen LogP contribution in [0.2, 0.25) is 0 Å². The van der Waals surface area contributed by atoms with Crippen molar-refractivity contribution in [3.05, 3.63) is 35.9 Å². The molecule has 4 saturated carbocycles. The summed E-state index contributed by atoms with van der Waals surface area (Å²) in [5.41, 5.74) is 2.61. The minimum Gasteiger partial charge on any atom is -0.465 e. The lowest BCUT2D eigenvalue weighted by atomic mass is 9.42. The number of nitrogens with one attached hydrogen (secondary N) is 1. The number of hydrogen-bond acceptors (Lipinski definition) is 8. The number of carbonyl (C=O) groups excluding carboxylic acids is 2. The highest BCUT2D eigenvalue weighted by molar-refractivity contribution is 6.00. The molecule has 0 amide bonds. The van der Waals surface area contributed by atoms with Gasteiger partial charge < -0.3 is 19.7 Å². The van der Waals surface area contributed by atoms with Gasteiger partial charge in [-0.25, -0.2) is 0 Å². The molecule has 0 bridgehead atoms. The van der Waals surface area contributed by atoms with Crippen molar-refractivity contribution in [2.75, 3.05) is 26.8 Å². The number of rotatable bonds is 6. The third-order valence-corrected chi connectivity index (χ3v) is 11.1. The molecule has 1 N–H and O–H groups in total. The van der Waals surface area contributed by atoms with Crippen molar-refractivity contribution in [1.29, 1.82) is 0 Å². The molecule has 1 aromatic rings. The first kappa shape index (κ1) is 27.4. The van der Waals surface area contributed by atoms with Gasteiger partial charge in [-0.2, -0.15) is 0 Å². The van der Waals surface area contributed by atoms with E-state index >= 15 is 0 Å². The highest BCUT2D eigenvalue weighted by Crippen LogP contribution is 2.66. The summed E-state index contributed by atoms with van der Waals surface area (Å²) in [5, 5.41) is 12.9. The van der Waals surface area contributed by atoms with E-state index in [-0.39, 0.29) is 34.7 Å². The molecule has 40 heavy (non-hydrogen) atoms. The zero-order chi connectivity index (χ0) is 27.9. The van der Waals surface area contributed by atoms with E-state index in [9.17, 15) is 9.59 Å². The van der Waals surface area contributed by atoms with Gasteiger partial charge in [-0.3, -0.25) is 9.59 Å². The van der Waals surface area contributed by atoms with Crippen LogP contribution in [0.5, 0.6) is 0 Å². The Hall–Kier alpha value is -2.74. The fourth-order valence-electron chi connectivity index (χ4n) is 9.29. The van der Waals surface area contributed by atoms with Gasteiger partial charge in [0.25, 0.3) is 0 Å². The van der Waals surface area contributed by atoms with Crippen molar-refractivity contribution < 1.29 is 24.0 Å². The van der Waals surface area contributed by atoms with Gasteiger partial charge in [0.05, 0.1) is 18.0 Å². The molecule has 8 nitrogen and oxygen atoms in total. The monoisotopic (exact) mass is 549 g/mol. The molecule has 1 aromatic carbocycles. The summed E-state index contributed by atoms with van der Waals surface area (Å²) >= 11 is 0. The number of ketones is 1. The second kappa shape index (κ2) is 10.9. The molecule has 4 aliphatic carbocycles. The highest BCUT2D eigenvalue weighted by atomic mass is 16.6. The number of fused-ring (bicyclic) bond motifs is 5. The molecule has 1 heterocycles. The summed E-state index contributed by atoms with van der Waals surface area (Å²) < 4.78 is 5.95. The van der Waals surface area contributed by atoms with E-state index in [4.69, 9.17) is 24.7 Å². The Morgan fingerprint density at radius 3 is 2.60 bits per heavy atom. The van der Waals surface area contributed by atoms with E-state index in [1.54, 1.807) is 7.11 Å². The maximum atomic E-state index is 13.1. The number of carbonyl (C=O) groups is 2. The number of nitrogens with zero attached hydrogens (tertiary/aromatic N) is 2. The predicted molar refractivity (Wildman–Crippen MR) is 152 cm³/mol. The topological polar surface area (TPSA) is 98.6 Å². The van der Waals surface area contributed by atoms with Gasteiger partial charge in [0.15, 0.2) is 0 Å². The molecule has 0 spiro atoms. The second-order valence-corrected chi connectivity index (χ2v) is 12.9. The zero-order valence-corrected chi connectivity index (χ0v) is 24.1. The summed E-state index contributed by atoms with van der Waals surface area (Å²) in [6.45, 7) is 5.79. The molecule has 5 aliphatic rings. The zero-order valence-electron chi connectivity index (χ0n) is 24.1. The molecule has 0 aromatic heterocycles. The van der Waals surface area contributed by atoms with Crippen LogP contribution in [-0.4, -0.2) is 56.1 Å². The van der Waals surface area contributed by atoms with Gasteiger partial charge in [0.2, 0.25) is 0 Å². The second-order valence-electron chi connectivity index (χ2n) is 12.9. The van der Waals surface area contributed by atoms with Crippen LogP contribution in [0.25, 0.3) is 0 Å². The number of oxime groups is 2. The summed E-state index contributed by atoms with van der Waals surface area (Å²) in [4.78, 5) is 37.0. The van der Waals surface area contributed by atoms with Crippen LogP contribution in [0.15, 0.2) is 40.6 Å². The fraction of sp³-hybridized carbons (Fsp3) is 0.688. The average molecular weight is 550 g/mol. The first-order valence-corrected chi connectivity index (χ1v) is 15.1. The van der Waals surface area contributed by atoms with E-state index in [0.29, 0.717) is 36.6 Å². The van der Waals surface area contributed by atoms with Crippen molar-refractivity contribution in [3.63, 3.8) is 0 Å². The van der Waals surface area contributed by atoms with Crippen LogP contribution < -0.4 is 5.32 Å². The van der Waals surface area contributed by atoms with Crippen molar-refractivity contribution in [2.45, 2.75) is 77.2 Å². The summed E-state index contributed by atoms with van der Waals surface area (Å²) in [6.07, 6.45) is 6.88. The Balaban J connectivity index is 1.47. The molecular weight excluding hydrogens is 506 g/mol. The van der Waals surface area contributed by atoms with Crippen molar-refractivity contribution in [3.8, 4) is 0 Å². The van der Waals surface area contributed by atoms with Crippen LogP contribution in [0.3, 0.4) is 0 Å². The van der Waals surface area contributed by atoms with Crippen LogP contribution >= 0.6 is 0 Å². The number of benzene rings is 1. The third kappa shape index (κ3) is 4.56. The molecule has 0 radical (unpaired) electrons. The molecule has 6 rings (SSSR count). The Kier molecular flexibility index (Phi) is 7.49. The summed E-state index contributed by atoms with van der Waals surface area (Å²) in [6, 6.07) is 10.5. The van der Waals surface area contributed by atoms with Crippen LogP contribution in [0, 0.1) is 34.5 Å². The quantitative estimate of drug-likeness (QED) is 0.401. The number of Topliss-reactive ketones (excluding diaryl/α,β-unsaturated/α-hetero) is 1. The molecule has 1 saturated heterocycles. The third-order valence-electron chi connectivity index (χ3n) is 11.1. The van der Waals surface area contributed by atoms with Gasteiger partial charge in [-0.05, 0) is 68.4 Å². The molecular formula is C32H43N3O5. The van der Waals surface area contributed by atoms with E-state index in [0.717, 1.165) is 69.5 Å². The van der Waals surface area contributed by atoms with Crippen molar-refractivity contribution >= 4 is 23.2 Å². The highest BCUT2D eigenvalue weighted by Gasteiger charge is 2.65. The minimum atomic E-state index is -0.326. The van der Waals surface area contributed by atoms with Gasteiger partial charge in [0, 0.05) is 49.0 Å². The van der Waals surface area contributed by atoms with Gasteiger partial charge in [-0.15, -0.1) is 0 Å². The lowest BCUT2D eigenvalue weighted by Gasteiger charge is -2.61.